The Morgan fingerprint density at radius 3 is 2.32 bits per heavy atom. The number of hydrogen-bond donors (Lipinski definition) is 0. The predicted molar refractivity (Wildman–Crippen MR) is 111 cm³/mol. The van der Waals surface area contributed by atoms with Gasteiger partial charge >= 0.3 is 0 Å². The van der Waals surface area contributed by atoms with Crippen molar-refractivity contribution in [2.24, 2.45) is 0 Å². The van der Waals surface area contributed by atoms with E-state index in [-0.39, 0.29) is 11.8 Å². The van der Waals surface area contributed by atoms with Gasteiger partial charge in [-0.05, 0) is 52.7 Å². The third-order valence-electron chi connectivity index (χ3n) is 4.99. The lowest BCUT2D eigenvalue weighted by atomic mass is 9.95. The molecule has 5 heteroatoms. The number of ether oxygens (including phenoxy) is 1. The summed E-state index contributed by atoms with van der Waals surface area (Å²) in [6.45, 7) is 0. The maximum Gasteiger partial charge on any atom is 0.266 e. The fourth-order valence-corrected chi connectivity index (χ4v) is 4.62. The van der Waals surface area contributed by atoms with Crippen LogP contribution in [-0.2, 0) is 0 Å². The van der Waals surface area contributed by atoms with Gasteiger partial charge in [-0.15, -0.1) is 11.3 Å². The molecule has 4 aromatic rings. The SMILES string of the molecule is COc1ccc(-c2c3c(cc4ccsc24)C(=O)N(c2ccccc2)C3=O)cc1. The first-order chi connectivity index (χ1) is 13.7. The Bertz CT molecular complexity index is 1230. The maximum atomic E-state index is 13.4. The van der Waals surface area contributed by atoms with E-state index in [1.54, 1.807) is 30.6 Å². The third-order valence-corrected chi connectivity index (χ3v) is 5.93. The quantitative estimate of drug-likeness (QED) is 0.445. The standard InChI is InChI=1S/C23H15NO3S/c1-27-17-9-7-14(8-10-17)19-20-18(13-15-11-12-28-21(15)19)22(25)24(23(20)26)16-5-3-2-4-6-16/h2-13H,1H3. The number of nitrogens with zero attached hydrogens (tertiary/aromatic N) is 1. The summed E-state index contributed by atoms with van der Waals surface area (Å²) in [5.41, 5.74) is 3.19. The molecule has 1 aromatic heterocycles. The summed E-state index contributed by atoms with van der Waals surface area (Å²) in [6, 6.07) is 20.5. The molecule has 0 fully saturated rings. The number of benzene rings is 3. The molecule has 0 spiro atoms. The number of imide groups is 1. The lowest BCUT2D eigenvalue weighted by Crippen LogP contribution is -2.29. The molecule has 0 saturated carbocycles. The Balaban J connectivity index is 1.77. The van der Waals surface area contributed by atoms with Crippen molar-refractivity contribution in [3.63, 3.8) is 0 Å². The molecule has 5 rings (SSSR count). The zero-order valence-electron chi connectivity index (χ0n) is 15.0. The Morgan fingerprint density at radius 2 is 1.61 bits per heavy atom. The first kappa shape index (κ1) is 16.7. The average Bonchev–Trinajstić information content (AvgIpc) is 3.30. The summed E-state index contributed by atoms with van der Waals surface area (Å²) < 4.78 is 6.26. The molecule has 0 atom stereocenters. The Morgan fingerprint density at radius 1 is 0.857 bits per heavy atom. The van der Waals surface area contributed by atoms with E-state index in [0.717, 1.165) is 27.0 Å². The zero-order chi connectivity index (χ0) is 19.3. The van der Waals surface area contributed by atoms with Crippen molar-refractivity contribution in [1.29, 1.82) is 0 Å². The minimum atomic E-state index is -0.285. The molecule has 28 heavy (non-hydrogen) atoms. The minimum Gasteiger partial charge on any atom is -0.497 e. The number of methoxy groups -OCH3 is 1. The third kappa shape index (κ3) is 2.37. The summed E-state index contributed by atoms with van der Waals surface area (Å²) in [5.74, 6) is 0.174. The number of hydrogen-bond acceptors (Lipinski definition) is 4. The monoisotopic (exact) mass is 385 g/mol. The molecule has 1 aliphatic heterocycles. The molecule has 0 N–H and O–H groups in total. The van der Waals surface area contributed by atoms with E-state index in [9.17, 15) is 9.59 Å². The molecule has 2 heterocycles. The smallest absolute Gasteiger partial charge is 0.266 e. The summed E-state index contributed by atoms with van der Waals surface area (Å²) in [4.78, 5) is 27.8. The number of anilines is 1. The summed E-state index contributed by atoms with van der Waals surface area (Å²) >= 11 is 1.57. The molecule has 0 unspecified atom stereocenters. The van der Waals surface area contributed by atoms with Gasteiger partial charge in [0.2, 0.25) is 0 Å². The molecular weight excluding hydrogens is 370 g/mol. The van der Waals surface area contributed by atoms with E-state index in [2.05, 4.69) is 0 Å². The second kappa shape index (κ2) is 6.32. The second-order valence-corrected chi connectivity index (χ2v) is 7.44. The Kier molecular flexibility index (Phi) is 3.77. The molecule has 3 aromatic carbocycles. The molecule has 1 aliphatic rings. The van der Waals surface area contributed by atoms with Crippen LogP contribution in [0.5, 0.6) is 5.75 Å². The van der Waals surface area contributed by atoms with Crippen molar-refractivity contribution < 1.29 is 14.3 Å². The average molecular weight is 385 g/mol. The summed E-state index contributed by atoms with van der Waals surface area (Å²) in [5, 5.41) is 2.95. The summed E-state index contributed by atoms with van der Waals surface area (Å²) in [6.07, 6.45) is 0. The molecule has 0 radical (unpaired) electrons. The van der Waals surface area contributed by atoms with Crippen molar-refractivity contribution in [3.05, 3.63) is 83.2 Å². The van der Waals surface area contributed by atoms with Gasteiger partial charge in [-0.1, -0.05) is 30.3 Å². The van der Waals surface area contributed by atoms with Crippen LogP contribution in [0.25, 0.3) is 21.2 Å². The van der Waals surface area contributed by atoms with Crippen LogP contribution < -0.4 is 9.64 Å². The van der Waals surface area contributed by atoms with Crippen molar-refractivity contribution in [2.75, 3.05) is 12.0 Å². The van der Waals surface area contributed by atoms with Gasteiger partial charge < -0.3 is 4.74 Å². The number of fused-ring (bicyclic) bond motifs is 2. The van der Waals surface area contributed by atoms with Crippen LogP contribution in [0.3, 0.4) is 0 Å². The molecule has 2 amide bonds. The van der Waals surface area contributed by atoms with E-state index >= 15 is 0 Å². The van der Waals surface area contributed by atoms with E-state index < -0.39 is 0 Å². The first-order valence-corrected chi connectivity index (χ1v) is 9.69. The number of carbonyl (C=O) groups excluding carboxylic acids is 2. The van der Waals surface area contributed by atoms with Gasteiger partial charge in [-0.3, -0.25) is 9.59 Å². The minimum absolute atomic E-state index is 0.283. The molecule has 0 aliphatic carbocycles. The van der Waals surface area contributed by atoms with E-state index in [4.69, 9.17) is 4.74 Å². The molecular formula is C23H15NO3S. The Hall–Kier alpha value is -3.44. The van der Waals surface area contributed by atoms with E-state index in [0.29, 0.717) is 16.8 Å². The van der Waals surface area contributed by atoms with Crippen molar-refractivity contribution in [2.45, 2.75) is 0 Å². The first-order valence-electron chi connectivity index (χ1n) is 8.81. The maximum absolute atomic E-state index is 13.4. The molecule has 0 bridgehead atoms. The summed E-state index contributed by atoms with van der Waals surface area (Å²) in [7, 11) is 1.62. The van der Waals surface area contributed by atoms with Gasteiger partial charge in [-0.25, -0.2) is 4.90 Å². The van der Waals surface area contributed by atoms with Crippen LogP contribution in [0.2, 0.25) is 0 Å². The van der Waals surface area contributed by atoms with Crippen LogP contribution in [0.4, 0.5) is 5.69 Å². The van der Waals surface area contributed by atoms with Crippen molar-refractivity contribution in [1.82, 2.24) is 0 Å². The lowest BCUT2D eigenvalue weighted by molar-refractivity contribution is 0.0926. The fraction of sp³-hybridized carbons (Fsp3) is 0.0435. The Labute approximate surface area is 165 Å². The van der Waals surface area contributed by atoms with E-state index in [1.807, 2.05) is 60.0 Å². The van der Waals surface area contributed by atoms with Crippen LogP contribution in [0.1, 0.15) is 20.7 Å². The number of carbonyl (C=O) groups is 2. The van der Waals surface area contributed by atoms with Gasteiger partial charge in [0.05, 0.1) is 23.9 Å². The van der Waals surface area contributed by atoms with Crippen molar-refractivity contribution >= 4 is 38.9 Å². The van der Waals surface area contributed by atoms with Crippen LogP contribution >= 0.6 is 11.3 Å². The highest BCUT2D eigenvalue weighted by molar-refractivity contribution is 7.17. The van der Waals surface area contributed by atoms with Crippen LogP contribution in [0, 0.1) is 0 Å². The predicted octanol–water partition coefficient (Wildman–Crippen LogP) is 5.38. The molecule has 0 saturated heterocycles. The number of para-hydroxylation sites is 1. The number of amides is 2. The van der Waals surface area contributed by atoms with Gasteiger partial charge in [0.15, 0.2) is 0 Å². The van der Waals surface area contributed by atoms with Crippen LogP contribution in [0.15, 0.2) is 72.1 Å². The second-order valence-electron chi connectivity index (χ2n) is 6.52. The highest BCUT2D eigenvalue weighted by Crippen LogP contribution is 2.42. The number of thiophene rings is 1. The highest BCUT2D eigenvalue weighted by Gasteiger charge is 2.39. The van der Waals surface area contributed by atoms with Gasteiger partial charge in [-0.2, -0.15) is 0 Å². The molecule has 136 valence electrons. The largest absolute Gasteiger partial charge is 0.497 e. The van der Waals surface area contributed by atoms with E-state index in [1.165, 1.54) is 4.90 Å². The fourth-order valence-electron chi connectivity index (χ4n) is 3.67. The van der Waals surface area contributed by atoms with Crippen LogP contribution in [-0.4, -0.2) is 18.9 Å². The lowest BCUT2D eigenvalue weighted by Gasteiger charge is -2.14. The number of rotatable bonds is 3. The zero-order valence-corrected chi connectivity index (χ0v) is 15.8. The van der Waals surface area contributed by atoms with Gasteiger partial charge in [0, 0.05) is 10.3 Å². The van der Waals surface area contributed by atoms with Gasteiger partial charge in [0.25, 0.3) is 11.8 Å². The topological polar surface area (TPSA) is 46.6 Å². The van der Waals surface area contributed by atoms with Gasteiger partial charge in [0.1, 0.15) is 5.75 Å². The normalized spacial score (nSPS) is 13.2. The highest BCUT2D eigenvalue weighted by atomic mass is 32.1. The molecule has 4 nitrogen and oxygen atoms in total. The van der Waals surface area contributed by atoms with Crippen molar-refractivity contribution in [3.8, 4) is 16.9 Å².